The Morgan fingerprint density at radius 1 is 0.905 bits per heavy atom. The van der Waals surface area contributed by atoms with E-state index in [1.165, 1.54) is 0 Å². The summed E-state index contributed by atoms with van der Waals surface area (Å²) in [6.07, 6.45) is -0.640. The maximum Gasteiger partial charge on any atom is 0.441 e. The molecule has 0 atom stereocenters. The molecule has 0 aliphatic carbocycles. The van der Waals surface area contributed by atoms with Crippen LogP contribution in [-0.4, -0.2) is 57.5 Å². The van der Waals surface area contributed by atoms with E-state index in [2.05, 4.69) is 0 Å². The van der Waals surface area contributed by atoms with Crippen LogP contribution in [0.1, 0.15) is 0 Å². The molecule has 1 amide bonds. The number of hydroxylamine groups is 2. The Kier molecular flexibility index (Phi) is 6.96. The molecule has 7 heteroatoms. The molecule has 1 aromatic rings. The van der Waals surface area contributed by atoms with Gasteiger partial charge in [0, 0.05) is 0 Å². The van der Waals surface area contributed by atoms with Crippen LogP contribution in [0.4, 0.5) is 4.79 Å². The van der Waals surface area contributed by atoms with Gasteiger partial charge in [-0.1, -0.05) is 18.2 Å². The van der Waals surface area contributed by atoms with E-state index in [0.717, 1.165) is 5.06 Å². The van der Waals surface area contributed by atoms with Gasteiger partial charge in [0.25, 0.3) is 0 Å². The van der Waals surface area contributed by atoms with Crippen molar-refractivity contribution in [1.82, 2.24) is 5.06 Å². The van der Waals surface area contributed by atoms with Crippen molar-refractivity contribution in [3.05, 3.63) is 30.3 Å². The SMILES string of the molecule is O=C(Oc1ccccc1)N1COCCOCCOCCO1. The van der Waals surface area contributed by atoms with Crippen LogP contribution in [0.3, 0.4) is 0 Å². The fraction of sp³-hybridized carbons (Fsp3) is 0.500. The van der Waals surface area contributed by atoms with E-state index in [1.807, 2.05) is 6.07 Å². The summed E-state index contributed by atoms with van der Waals surface area (Å²) < 4.78 is 21.1. The fourth-order valence-corrected chi connectivity index (χ4v) is 1.58. The number of carbonyl (C=O) groups is 1. The molecule has 0 aromatic heterocycles. The molecule has 0 radical (unpaired) electrons. The van der Waals surface area contributed by atoms with Crippen molar-refractivity contribution < 1.29 is 28.6 Å². The first-order chi connectivity index (χ1) is 10.4. The number of para-hydroxylation sites is 1. The highest BCUT2D eigenvalue weighted by molar-refractivity contribution is 5.69. The van der Waals surface area contributed by atoms with E-state index in [1.54, 1.807) is 24.3 Å². The van der Waals surface area contributed by atoms with Gasteiger partial charge in [-0.25, -0.2) is 4.79 Å². The van der Waals surface area contributed by atoms with Crippen LogP contribution in [0.15, 0.2) is 30.3 Å². The maximum absolute atomic E-state index is 12.0. The summed E-state index contributed by atoms with van der Waals surface area (Å²) in [5.41, 5.74) is 0. The normalized spacial score (nSPS) is 18.4. The van der Waals surface area contributed by atoms with Crippen LogP contribution in [0.2, 0.25) is 0 Å². The summed E-state index contributed by atoms with van der Waals surface area (Å²) in [4.78, 5) is 17.3. The standard InChI is InChI=1S/C14H19NO6/c16-14(21-13-4-2-1-3-5-13)15-12-19-9-8-17-6-7-18-10-11-20-15/h1-5H,6-12H2. The van der Waals surface area contributed by atoms with Gasteiger partial charge in [0.05, 0.1) is 39.6 Å². The average Bonchev–Trinajstić information content (AvgIpc) is 2.49. The lowest BCUT2D eigenvalue weighted by Gasteiger charge is -2.21. The minimum atomic E-state index is -0.640. The lowest BCUT2D eigenvalue weighted by atomic mass is 10.3. The van der Waals surface area contributed by atoms with Gasteiger partial charge in [-0.05, 0) is 12.1 Å². The summed E-state index contributed by atoms with van der Waals surface area (Å²) in [6, 6.07) is 8.77. The molecule has 7 nitrogen and oxygen atoms in total. The Labute approximate surface area is 123 Å². The molecule has 21 heavy (non-hydrogen) atoms. The van der Waals surface area contributed by atoms with Crippen molar-refractivity contribution >= 4 is 6.09 Å². The van der Waals surface area contributed by atoms with Crippen molar-refractivity contribution in [1.29, 1.82) is 0 Å². The highest BCUT2D eigenvalue weighted by Crippen LogP contribution is 2.10. The van der Waals surface area contributed by atoms with Crippen LogP contribution >= 0.6 is 0 Å². The molecule has 1 aliphatic heterocycles. The first-order valence-electron chi connectivity index (χ1n) is 6.77. The number of ether oxygens (including phenoxy) is 4. The molecular formula is C14H19NO6. The molecule has 116 valence electrons. The van der Waals surface area contributed by atoms with E-state index in [9.17, 15) is 4.79 Å². The summed E-state index contributed by atoms with van der Waals surface area (Å²) >= 11 is 0. The van der Waals surface area contributed by atoms with Crippen molar-refractivity contribution in [2.75, 3.05) is 46.4 Å². The lowest BCUT2D eigenvalue weighted by molar-refractivity contribution is -0.192. The first-order valence-corrected chi connectivity index (χ1v) is 6.77. The van der Waals surface area contributed by atoms with Crippen molar-refractivity contribution in [3.63, 3.8) is 0 Å². The largest absolute Gasteiger partial charge is 0.441 e. The Morgan fingerprint density at radius 2 is 1.52 bits per heavy atom. The number of rotatable bonds is 1. The monoisotopic (exact) mass is 297 g/mol. The maximum atomic E-state index is 12.0. The van der Waals surface area contributed by atoms with Gasteiger partial charge in [0.1, 0.15) is 5.75 Å². The van der Waals surface area contributed by atoms with Crippen LogP contribution in [0, 0.1) is 0 Å². The molecule has 0 saturated carbocycles. The summed E-state index contributed by atoms with van der Waals surface area (Å²) in [6.45, 7) is 2.35. The van der Waals surface area contributed by atoms with Gasteiger partial charge in [0.15, 0.2) is 6.73 Å². The molecular weight excluding hydrogens is 278 g/mol. The zero-order valence-corrected chi connectivity index (χ0v) is 11.7. The zero-order chi connectivity index (χ0) is 14.8. The highest BCUT2D eigenvalue weighted by atomic mass is 16.8. The third-order valence-corrected chi connectivity index (χ3v) is 2.58. The lowest BCUT2D eigenvalue weighted by Crippen LogP contribution is -2.37. The predicted octanol–water partition coefficient (Wildman–Crippen LogP) is 1.44. The van der Waals surface area contributed by atoms with Gasteiger partial charge in [0.2, 0.25) is 0 Å². The quantitative estimate of drug-likeness (QED) is 0.781. The summed E-state index contributed by atoms with van der Waals surface area (Å²) in [7, 11) is 0. The number of hydrogen-bond acceptors (Lipinski definition) is 6. The summed E-state index contributed by atoms with van der Waals surface area (Å²) in [5, 5.41) is 1.03. The first kappa shape index (κ1) is 15.7. The van der Waals surface area contributed by atoms with Gasteiger partial charge in [-0.3, -0.25) is 4.84 Å². The fourth-order valence-electron chi connectivity index (χ4n) is 1.58. The molecule has 1 fully saturated rings. The topological polar surface area (TPSA) is 66.5 Å². The average molecular weight is 297 g/mol. The molecule has 0 unspecified atom stereocenters. The Morgan fingerprint density at radius 3 is 2.24 bits per heavy atom. The Bertz CT molecular complexity index is 401. The van der Waals surface area contributed by atoms with Gasteiger partial charge < -0.3 is 18.9 Å². The molecule has 0 bridgehead atoms. The van der Waals surface area contributed by atoms with Gasteiger partial charge >= 0.3 is 6.09 Å². The molecule has 1 saturated heterocycles. The van der Waals surface area contributed by atoms with Crippen LogP contribution in [-0.2, 0) is 19.0 Å². The molecule has 1 heterocycles. The van der Waals surface area contributed by atoms with Crippen molar-refractivity contribution in [2.45, 2.75) is 0 Å². The summed E-state index contributed by atoms with van der Waals surface area (Å²) in [5.74, 6) is 0.441. The number of amides is 1. The van der Waals surface area contributed by atoms with Crippen molar-refractivity contribution in [2.24, 2.45) is 0 Å². The van der Waals surface area contributed by atoms with Crippen LogP contribution in [0.5, 0.6) is 5.75 Å². The van der Waals surface area contributed by atoms with E-state index >= 15 is 0 Å². The van der Waals surface area contributed by atoms with E-state index < -0.39 is 6.09 Å². The van der Waals surface area contributed by atoms with Gasteiger partial charge in [-0.15, -0.1) is 0 Å². The van der Waals surface area contributed by atoms with E-state index in [4.69, 9.17) is 23.8 Å². The molecule has 0 spiro atoms. The Hall–Kier alpha value is -1.67. The molecule has 1 aromatic carbocycles. The molecule has 1 aliphatic rings. The number of carbonyl (C=O) groups excluding carboxylic acids is 1. The predicted molar refractivity (Wildman–Crippen MR) is 72.7 cm³/mol. The minimum Gasteiger partial charge on any atom is -0.409 e. The number of nitrogens with zero attached hydrogens (tertiary/aromatic N) is 1. The number of benzene rings is 1. The smallest absolute Gasteiger partial charge is 0.409 e. The second-order valence-electron chi connectivity index (χ2n) is 4.15. The van der Waals surface area contributed by atoms with Gasteiger partial charge in [-0.2, -0.15) is 5.06 Å². The zero-order valence-electron chi connectivity index (χ0n) is 11.7. The van der Waals surface area contributed by atoms with E-state index in [-0.39, 0.29) is 13.3 Å². The second-order valence-corrected chi connectivity index (χ2v) is 4.15. The third-order valence-electron chi connectivity index (χ3n) is 2.58. The third kappa shape index (κ3) is 6.09. The van der Waals surface area contributed by atoms with Crippen LogP contribution in [0.25, 0.3) is 0 Å². The number of hydrogen-bond donors (Lipinski definition) is 0. The molecule has 2 rings (SSSR count). The highest BCUT2D eigenvalue weighted by Gasteiger charge is 2.17. The second kappa shape index (κ2) is 9.30. The van der Waals surface area contributed by atoms with Crippen molar-refractivity contribution in [3.8, 4) is 5.75 Å². The molecule has 0 N–H and O–H groups in total. The van der Waals surface area contributed by atoms with E-state index in [0.29, 0.717) is 38.8 Å². The minimum absolute atomic E-state index is 0.0327. The van der Waals surface area contributed by atoms with Crippen LogP contribution < -0.4 is 4.74 Å². The Balaban J connectivity index is 1.85.